The van der Waals surface area contributed by atoms with Gasteiger partial charge in [0, 0.05) is 24.6 Å². The van der Waals surface area contributed by atoms with E-state index in [9.17, 15) is 24.5 Å². The number of halogens is 1. The van der Waals surface area contributed by atoms with Crippen molar-refractivity contribution in [3.63, 3.8) is 0 Å². The predicted octanol–water partition coefficient (Wildman–Crippen LogP) is 3.21. The predicted molar refractivity (Wildman–Crippen MR) is 90.5 cm³/mol. The van der Waals surface area contributed by atoms with Crippen LogP contribution in [-0.4, -0.2) is 29.3 Å². The van der Waals surface area contributed by atoms with E-state index in [2.05, 4.69) is 0 Å². The molecule has 2 rings (SSSR count). The summed E-state index contributed by atoms with van der Waals surface area (Å²) in [6, 6.07) is 9.00. The first kappa shape index (κ1) is 19.1. The molecule has 0 radical (unpaired) electrons. The SMILES string of the molecule is CC(=O)Oc1ccc(C(=O)COC(=O)c2ccc([N+](=O)[O-])cc2Cl)cc1. The molecule has 0 spiro atoms. The molecule has 0 heterocycles. The van der Waals surface area contributed by atoms with Crippen molar-refractivity contribution in [2.75, 3.05) is 6.61 Å². The van der Waals surface area contributed by atoms with Crippen LogP contribution in [0.2, 0.25) is 5.02 Å². The Labute approximate surface area is 152 Å². The number of hydrogen-bond acceptors (Lipinski definition) is 7. The average Bonchev–Trinajstić information content (AvgIpc) is 2.59. The number of benzene rings is 2. The molecule has 0 fully saturated rings. The zero-order valence-corrected chi connectivity index (χ0v) is 14.2. The van der Waals surface area contributed by atoms with Crippen LogP contribution in [-0.2, 0) is 9.53 Å². The largest absolute Gasteiger partial charge is 0.454 e. The fourth-order valence-corrected chi connectivity index (χ4v) is 2.20. The minimum atomic E-state index is -0.880. The molecule has 0 saturated heterocycles. The third kappa shape index (κ3) is 4.87. The molecule has 2 aromatic carbocycles. The maximum atomic E-state index is 12.0. The van der Waals surface area contributed by atoms with E-state index in [0.717, 1.165) is 18.2 Å². The summed E-state index contributed by atoms with van der Waals surface area (Å²) in [6.45, 7) is 0.709. The lowest BCUT2D eigenvalue weighted by Gasteiger charge is -2.06. The second kappa shape index (κ2) is 8.21. The second-order valence-electron chi connectivity index (χ2n) is 5.04. The van der Waals surface area contributed by atoms with Crippen molar-refractivity contribution in [2.45, 2.75) is 6.92 Å². The smallest absolute Gasteiger partial charge is 0.340 e. The zero-order valence-electron chi connectivity index (χ0n) is 13.4. The fraction of sp³-hybridized carbons (Fsp3) is 0.118. The summed E-state index contributed by atoms with van der Waals surface area (Å²) in [5.74, 6) is -1.57. The molecule has 8 nitrogen and oxygen atoms in total. The van der Waals surface area contributed by atoms with Crippen LogP contribution >= 0.6 is 11.6 Å². The number of esters is 2. The summed E-state index contributed by atoms with van der Waals surface area (Å²) in [4.78, 5) is 44.8. The van der Waals surface area contributed by atoms with E-state index >= 15 is 0 Å². The van der Waals surface area contributed by atoms with Crippen molar-refractivity contribution in [2.24, 2.45) is 0 Å². The van der Waals surface area contributed by atoms with Crippen LogP contribution in [0.3, 0.4) is 0 Å². The van der Waals surface area contributed by atoms with E-state index in [1.807, 2.05) is 0 Å². The number of nitro benzene ring substituents is 1. The summed E-state index contributed by atoms with van der Waals surface area (Å²) >= 11 is 5.83. The van der Waals surface area contributed by atoms with Gasteiger partial charge in [-0.1, -0.05) is 11.6 Å². The second-order valence-corrected chi connectivity index (χ2v) is 5.45. The Balaban J connectivity index is 1.99. The Hall–Kier alpha value is -3.26. The van der Waals surface area contributed by atoms with Gasteiger partial charge in [-0.05, 0) is 30.3 Å². The van der Waals surface area contributed by atoms with E-state index < -0.39 is 29.3 Å². The first-order valence-corrected chi connectivity index (χ1v) is 7.58. The molecule has 0 N–H and O–H groups in total. The number of Topliss-reactive ketones (excluding diaryl/α,β-unsaturated/α-hetero) is 1. The summed E-state index contributed by atoms with van der Waals surface area (Å²) in [5, 5.41) is 10.5. The van der Waals surface area contributed by atoms with Gasteiger partial charge in [0.25, 0.3) is 5.69 Å². The molecule has 0 unspecified atom stereocenters. The standard InChI is InChI=1S/C17H12ClNO7/c1-10(20)26-13-5-2-11(3-6-13)16(21)9-25-17(22)14-7-4-12(19(23)24)8-15(14)18/h2-8H,9H2,1H3. The molecule has 0 aliphatic carbocycles. The fourth-order valence-electron chi connectivity index (χ4n) is 1.95. The lowest BCUT2D eigenvalue weighted by molar-refractivity contribution is -0.384. The number of nitrogens with zero attached hydrogens (tertiary/aromatic N) is 1. The molecular weight excluding hydrogens is 366 g/mol. The van der Waals surface area contributed by atoms with Gasteiger partial charge in [0.2, 0.25) is 0 Å². The monoisotopic (exact) mass is 377 g/mol. The lowest BCUT2D eigenvalue weighted by atomic mass is 10.1. The van der Waals surface area contributed by atoms with E-state index in [1.54, 1.807) is 0 Å². The van der Waals surface area contributed by atoms with Crippen LogP contribution < -0.4 is 4.74 Å². The van der Waals surface area contributed by atoms with Crippen molar-refractivity contribution < 1.29 is 28.8 Å². The number of hydrogen-bond donors (Lipinski definition) is 0. The van der Waals surface area contributed by atoms with Gasteiger partial charge < -0.3 is 9.47 Å². The number of nitro groups is 1. The highest BCUT2D eigenvalue weighted by atomic mass is 35.5. The number of carbonyl (C=O) groups excluding carboxylic acids is 3. The molecule has 0 amide bonds. The number of carbonyl (C=O) groups is 3. The summed E-state index contributed by atoms with van der Waals surface area (Å²) < 4.78 is 9.74. The van der Waals surface area contributed by atoms with E-state index in [1.165, 1.54) is 31.2 Å². The van der Waals surface area contributed by atoms with E-state index in [-0.39, 0.29) is 27.6 Å². The Bertz CT molecular complexity index is 877. The number of rotatable bonds is 6. The van der Waals surface area contributed by atoms with Gasteiger partial charge >= 0.3 is 11.9 Å². The Kier molecular flexibility index (Phi) is 6.03. The van der Waals surface area contributed by atoms with Crippen LogP contribution in [0.15, 0.2) is 42.5 Å². The highest BCUT2D eigenvalue weighted by Gasteiger charge is 2.17. The van der Waals surface area contributed by atoms with E-state index in [4.69, 9.17) is 21.1 Å². The average molecular weight is 378 g/mol. The molecule has 0 saturated carbocycles. The minimum absolute atomic E-state index is 0.0877. The van der Waals surface area contributed by atoms with Crippen LogP contribution in [0.25, 0.3) is 0 Å². The van der Waals surface area contributed by atoms with Crippen molar-refractivity contribution in [3.05, 3.63) is 68.7 Å². The highest BCUT2D eigenvalue weighted by Crippen LogP contribution is 2.23. The first-order chi connectivity index (χ1) is 12.3. The Morgan fingerprint density at radius 1 is 1.12 bits per heavy atom. The summed E-state index contributed by atoms with van der Waals surface area (Å²) in [6.07, 6.45) is 0. The van der Waals surface area contributed by atoms with Gasteiger partial charge in [0.15, 0.2) is 12.4 Å². The molecule has 0 bridgehead atoms. The molecule has 0 aliphatic rings. The first-order valence-electron chi connectivity index (χ1n) is 7.20. The third-order valence-corrected chi connectivity index (χ3v) is 3.47. The number of ether oxygens (including phenoxy) is 2. The van der Waals surface area contributed by atoms with Gasteiger partial charge in [-0.15, -0.1) is 0 Å². The molecule has 9 heteroatoms. The van der Waals surface area contributed by atoms with Crippen molar-refractivity contribution in [3.8, 4) is 5.75 Å². The summed E-state index contributed by atoms with van der Waals surface area (Å²) in [7, 11) is 0. The topological polar surface area (TPSA) is 113 Å². The normalized spacial score (nSPS) is 10.1. The van der Waals surface area contributed by atoms with E-state index in [0.29, 0.717) is 0 Å². The Morgan fingerprint density at radius 2 is 1.77 bits per heavy atom. The minimum Gasteiger partial charge on any atom is -0.454 e. The van der Waals surface area contributed by atoms with Crippen LogP contribution in [0.5, 0.6) is 5.75 Å². The van der Waals surface area contributed by atoms with Gasteiger partial charge in [0.05, 0.1) is 15.5 Å². The maximum absolute atomic E-state index is 12.0. The highest BCUT2D eigenvalue weighted by molar-refractivity contribution is 6.33. The number of non-ortho nitro benzene ring substituents is 1. The molecule has 26 heavy (non-hydrogen) atoms. The van der Waals surface area contributed by atoms with Gasteiger partial charge in [-0.3, -0.25) is 19.7 Å². The molecule has 0 aromatic heterocycles. The van der Waals surface area contributed by atoms with Crippen LogP contribution in [0, 0.1) is 10.1 Å². The molecule has 0 aliphatic heterocycles. The lowest BCUT2D eigenvalue weighted by Crippen LogP contribution is -2.14. The van der Waals surface area contributed by atoms with Crippen LogP contribution in [0.1, 0.15) is 27.6 Å². The Morgan fingerprint density at radius 3 is 2.31 bits per heavy atom. The zero-order chi connectivity index (χ0) is 19.3. The molecular formula is C17H12ClNO7. The van der Waals surface area contributed by atoms with Crippen molar-refractivity contribution >= 4 is 35.0 Å². The molecule has 2 aromatic rings. The molecule has 134 valence electrons. The van der Waals surface area contributed by atoms with Gasteiger partial charge in [-0.2, -0.15) is 0 Å². The van der Waals surface area contributed by atoms with Crippen LogP contribution in [0.4, 0.5) is 5.69 Å². The summed E-state index contributed by atoms with van der Waals surface area (Å²) in [5.41, 5.74) is -0.103. The third-order valence-electron chi connectivity index (χ3n) is 3.16. The van der Waals surface area contributed by atoms with Gasteiger partial charge in [0.1, 0.15) is 5.75 Å². The number of ketones is 1. The van der Waals surface area contributed by atoms with Crippen molar-refractivity contribution in [1.82, 2.24) is 0 Å². The van der Waals surface area contributed by atoms with Crippen molar-refractivity contribution in [1.29, 1.82) is 0 Å². The van der Waals surface area contributed by atoms with Gasteiger partial charge in [-0.25, -0.2) is 4.79 Å². The maximum Gasteiger partial charge on any atom is 0.340 e. The molecule has 0 atom stereocenters. The quantitative estimate of drug-likeness (QED) is 0.249.